The van der Waals surface area contributed by atoms with Crippen molar-refractivity contribution in [3.8, 4) is 10.6 Å². The van der Waals surface area contributed by atoms with Crippen LogP contribution in [0.3, 0.4) is 0 Å². The van der Waals surface area contributed by atoms with Crippen molar-refractivity contribution in [3.05, 3.63) is 34.2 Å². The Bertz CT molecular complexity index is 915. The third kappa shape index (κ3) is 5.16. The molecule has 0 fully saturated rings. The van der Waals surface area contributed by atoms with Crippen LogP contribution in [0.4, 0.5) is 10.9 Å². The molecule has 3 heterocycles. The number of hydrogen-bond donors (Lipinski definition) is 2. The molecule has 0 aliphatic carbocycles. The average Bonchev–Trinajstić information content (AvgIpc) is 3.29. The lowest BCUT2D eigenvalue weighted by Gasteiger charge is -2.02. The molecule has 3 aromatic heterocycles. The highest BCUT2D eigenvalue weighted by molar-refractivity contribution is 8.00. The van der Waals surface area contributed by atoms with E-state index in [1.54, 1.807) is 24.3 Å². The zero-order valence-electron chi connectivity index (χ0n) is 14.1. The minimum Gasteiger partial charge on any atom is -0.360 e. The van der Waals surface area contributed by atoms with E-state index in [9.17, 15) is 9.59 Å². The van der Waals surface area contributed by atoms with E-state index in [1.165, 1.54) is 28.0 Å². The van der Waals surface area contributed by atoms with Gasteiger partial charge in [0.1, 0.15) is 5.76 Å². The second-order valence-electron chi connectivity index (χ2n) is 5.36. The molecule has 3 rings (SSSR count). The monoisotopic (exact) mass is 408 g/mol. The van der Waals surface area contributed by atoms with Crippen LogP contribution >= 0.6 is 34.4 Å². The van der Waals surface area contributed by atoms with Gasteiger partial charge < -0.3 is 15.2 Å². The number of hydrogen-bond acceptors (Lipinski definition) is 8. The number of thioether (sulfide) groups is 1. The van der Waals surface area contributed by atoms with Crippen LogP contribution in [0.5, 0.6) is 0 Å². The van der Waals surface area contributed by atoms with Gasteiger partial charge in [-0.1, -0.05) is 5.16 Å². The predicted molar refractivity (Wildman–Crippen MR) is 106 cm³/mol. The molecule has 0 radical (unpaired) electrons. The number of nitrogens with zero attached hydrogens (tertiary/aromatic N) is 2. The zero-order valence-corrected chi connectivity index (χ0v) is 16.5. The minimum atomic E-state index is -0.235. The molecule has 0 atom stereocenters. The van der Waals surface area contributed by atoms with Gasteiger partial charge in [-0.25, -0.2) is 4.98 Å². The van der Waals surface area contributed by atoms with Gasteiger partial charge in [0.25, 0.3) is 0 Å². The minimum absolute atomic E-state index is 0.150. The summed E-state index contributed by atoms with van der Waals surface area (Å²) in [4.78, 5) is 30.5. The van der Waals surface area contributed by atoms with Crippen molar-refractivity contribution in [3.63, 3.8) is 0 Å². The summed E-state index contributed by atoms with van der Waals surface area (Å²) in [6.45, 7) is 3.78. The highest BCUT2D eigenvalue weighted by atomic mass is 32.2. The summed E-state index contributed by atoms with van der Waals surface area (Å²) < 4.78 is 4.87. The molecule has 0 aliphatic heterocycles. The van der Waals surface area contributed by atoms with Gasteiger partial charge in [0.2, 0.25) is 11.8 Å². The van der Waals surface area contributed by atoms with Gasteiger partial charge in [-0.3, -0.25) is 9.59 Å². The smallest absolute Gasteiger partial charge is 0.236 e. The Kier molecular flexibility index (Phi) is 6.07. The summed E-state index contributed by atoms with van der Waals surface area (Å²) >= 11 is 4.26. The van der Waals surface area contributed by atoms with Crippen LogP contribution in [0.1, 0.15) is 10.6 Å². The Hall–Kier alpha value is -2.17. The second-order valence-corrected chi connectivity index (χ2v) is 8.49. The van der Waals surface area contributed by atoms with Gasteiger partial charge in [0.15, 0.2) is 10.9 Å². The Morgan fingerprint density at radius 3 is 2.62 bits per heavy atom. The van der Waals surface area contributed by atoms with Crippen molar-refractivity contribution in [2.45, 2.75) is 13.8 Å². The summed E-state index contributed by atoms with van der Waals surface area (Å²) in [5, 5.41) is 11.5. The number of aryl methyl sites for hydroxylation is 2. The van der Waals surface area contributed by atoms with E-state index in [4.69, 9.17) is 4.52 Å². The van der Waals surface area contributed by atoms with Crippen LogP contribution in [0.25, 0.3) is 10.6 Å². The van der Waals surface area contributed by atoms with Crippen molar-refractivity contribution in [2.24, 2.45) is 0 Å². The standard InChI is InChI=1S/C16H16N4O3S3/c1-9-5-13(20-23-9)18-14(21)7-24-8-15(22)19-16-17-11(6-25-16)12-4-3-10(2)26-12/h3-6H,7-8H2,1-2H3,(H,17,19,22)(H,18,20,21). The molecule has 0 aliphatic rings. The highest BCUT2D eigenvalue weighted by Gasteiger charge is 2.11. The first-order chi connectivity index (χ1) is 12.5. The van der Waals surface area contributed by atoms with Crippen LogP contribution in [0, 0.1) is 13.8 Å². The largest absolute Gasteiger partial charge is 0.360 e. The van der Waals surface area contributed by atoms with E-state index in [1.807, 2.05) is 24.4 Å². The lowest BCUT2D eigenvalue weighted by atomic mass is 10.4. The Labute approximate surface area is 162 Å². The highest BCUT2D eigenvalue weighted by Crippen LogP contribution is 2.30. The number of anilines is 2. The number of carbonyl (C=O) groups excluding carboxylic acids is 2. The molecule has 2 N–H and O–H groups in total. The van der Waals surface area contributed by atoms with Crippen molar-refractivity contribution in [1.29, 1.82) is 0 Å². The number of rotatable bonds is 7. The lowest BCUT2D eigenvalue weighted by molar-refractivity contribution is -0.114. The maximum atomic E-state index is 12.0. The van der Waals surface area contributed by atoms with Gasteiger partial charge in [-0.2, -0.15) is 0 Å². The van der Waals surface area contributed by atoms with E-state index >= 15 is 0 Å². The van der Waals surface area contributed by atoms with Gasteiger partial charge in [0.05, 0.1) is 22.1 Å². The first kappa shape index (κ1) is 18.6. The molecule has 0 spiro atoms. The summed E-state index contributed by atoms with van der Waals surface area (Å²) in [6.07, 6.45) is 0. The number of carbonyl (C=O) groups is 2. The van der Waals surface area contributed by atoms with E-state index in [-0.39, 0.29) is 23.3 Å². The number of thiophene rings is 1. The number of aromatic nitrogens is 2. The molecule has 10 heteroatoms. The normalized spacial score (nSPS) is 10.7. The summed E-state index contributed by atoms with van der Waals surface area (Å²) in [5.74, 6) is 0.878. The quantitative estimate of drug-likeness (QED) is 0.617. The fourth-order valence-electron chi connectivity index (χ4n) is 2.01. The van der Waals surface area contributed by atoms with Gasteiger partial charge >= 0.3 is 0 Å². The third-order valence-corrected chi connectivity index (χ3v) is 5.82. The molecule has 7 nitrogen and oxygen atoms in total. The molecule has 0 saturated carbocycles. The van der Waals surface area contributed by atoms with Crippen molar-refractivity contribution < 1.29 is 14.1 Å². The first-order valence-corrected chi connectivity index (χ1v) is 10.5. The predicted octanol–water partition coefficient (Wildman–Crippen LogP) is 3.79. The van der Waals surface area contributed by atoms with Gasteiger partial charge in [0, 0.05) is 16.3 Å². The van der Waals surface area contributed by atoms with Crippen molar-refractivity contribution in [1.82, 2.24) is 10.1 Å². The van der Waals surface area contributed by atoms with Crippen LogP contribution in [-0.2, 0) is 9.59 Å². The number of thiazole rings is 1. The first-order valence-electron chi connectivity index (χ1n) is 7.63. The number of amides is 2. The molecular formula is C16H16N4O3S3. The molecule has 0 unspecified atom stereocenters. The van der Waals surface area contributed by atoms with Crippen LogP contribution in [-0.4, -0.2) is 33.5 Å². The summed E-state index contributed by atoms with van der Waals surface area (Å²) in [7, 11) is 0. The third-order valence-electron chi connectivity index (χ3n) is 3.11. The molecule has 26 heavy (non-hydrogen) atoms. The van der Waals surface area contributed by atoms with Crippen molar-refractivity contribution in [2.75, 3.05) is 22.1 Å². The second kappa shape index (κ2) is 8.47. The summed E-state index contributed by atoms with van der Waals surface area (Å²) in [5.41, 5.74) is 0.860. The van der Waals surface area contributed by atoms with Crippen LogP contribution in [0.2, 0.25) is 0 Å². The lowest BCUT2D eigenvalue weighted by Crippen LogP contribution is -2.18. The van der Waals surface area contributed by atoms with Gasteiger partial charge in [-0.15, -0.1) is 34.4 Å². The van der Waals surface area contributed by atoms with E-state index in [0.29, 0.717) is 16.7 Å². The SMILES string of the molecule is Cc1cc(NC(=O)CSCC(=O)Nc2nc(-c3ccc(C)s3)cs2)no1. The maximum absolute atomic E-state index is 12.0. The van der Waals surface area contributed by atoms with E-state index in [0.717, 1.165) is 10.6 Å². The van der Waals surface area contributed by atoms with E-state index in [2.05, 4.69) is 20.8 Å². The number of nitrogens with one attached hydrogen (secondary N) is 2. The molecule has 0 aromatic carbocycles. The molecule has 2 amide bonds. The molecular weight excluding hydrogens is 392 g/mol. The average molecular weight is 409 g/mol. The molecule has 0 saturated heterocycles. The molecule has 3 aromatic rings. The molecule has 136 valence electrons. The summed E-state index contributed by atoms with van der Waals surface area (Å²) in [6, 6.07) is 5.69. The zero-order chi connectivity index (χ0) is 18.5. The maximum Gasteiger partial charge on any atom is 0.236 e. The fourth-order valence-corrected chi connectivity index (χ4v) is 4.26. The van der Waals surface area contributed by atoms with Gasteiger partial charge in [-0.05, 0) is 26.0 Å². The van der Waals surface area contributed by atoms with Crippen LogP contribution in [0.15, 0.2) is 28.1 Å². The Morgan fingerprint density at radius 1 is 1.19 bits per heavy atom. The molecule has 0 bridgehead atoms. The van der Waals surface area contributed by atoms with Crippen molar-refractivity contribution >= 4 is 57.2 Å². The van der Waals surface area contributed by atoms with Crippen LogP contribution < -0.4 is 10.6 Å². The Balaban J connectivity index is 1.41. The Morgan fingerprint density at radius 2 is 1.96 bits per heavy atom. The topological polar surface area (TPSA) is 97.1 Å². The van der Waals surface area contributed by atoms with E-state index < -0.39 is 0 Å². The fraction of sp³-hybridized carbons (Fsp3) is 0.250.